The van der Waals surface area contributed by atoms with Crippen molar-refractivity contribution in [1.82, 2.24) is 4.90 Å². The standard InChI is InChI=1S/C19H19F2NOS/c1-22(18-8-4-6-13-5-2-3-7-15(13)18)19(23)12-24-14-9-10-16(20)17(21)11-14/h2-3,5,7,9-11,18H,4,6,8,12H2,1H3. The number of amides is 1. The van der Waals surface area contributed by atoms with E-state index in [2.05, 4.69) is 12.1 Å². The van der Waals surface area contributed by atoms with Crippen LogP contribution in [0.5, 0.6) is 0 Å². The molecule has 24 heavy (non-hydrogen) atoms. The van der Waals surface area contributed by atoms with Crippen molar-refractivity contribution < 1.29 is 13.6 Å². The zero-order chi connectivity index (χ0) is 17.1. The van der Waals surface area contributed by atoms with Crippen molar-refractivity contribution >= 4 is 17.7 Å². The maximum Gasteiger partial charge on any atom is 0.233 e. The summed E-state index contributed by atoms with van der Waals surface area (Å²) < 4.78 is 26.2. The van der Waals surface area contributed by atoms with Crippen LogP contribution in [0.25, 0.3) is 0 Å². The van der Waals surface area contributed by atoms with Gasteiger partial charge in [-0.1, -0.05) is 24.3 Å². The third kappa shape index (κ3) is 3.61. The Labute approximate surface area is 144 Å². The maximum atomic E-state index is 13.2. The van der Waals surface area contributed by atoms with Crippen LogP contribution in [0.15, 0.2) is 47.4 Å². The maximum absolute atomic E-state index is 13.2. The van der Waals surface area contributed by atoms with Crippen LogP contribution >= 0.6 is 11.8 Å². The third-order valence-corrected chi connectivity index (χ3v) is 5.43. The van der Waals surface area contributed by atoms with Gasteiger partial charge in [-0.05, 0) is 48.6 Å². The summed E-state index contributed by atoms with van der Waals surface area (Å²) in [5.74, 6) is -1.56. The first-order chi connectivity index (χ1) is 11.6. The van der Waals surface area contributed by atoms with Gasteiger partial charge >= 0.3 is 0 Å². The molecule has 0 N–H and O–H groups in total. The predicted molar refractivity (Wildman–Crippen MR) is 92.0 cm³/mol. The minimum Gasteiger partial charge on any atom is -0.338 e. The molecule has 0 spiro atoms. The number of hydrogen-bond acceptors (Lipinski definition) is 2. The third-order valence-electron chi connectivity index (χ3n) is 4.45. The highest BCUT2D eigenvalue weighted by atomic mass is 32.2. The molecule has 2 aromatic carbocycles. The van der Waals surface area contributed by atoms with Crippen molar-refractivity contribution in [3.05, 3.63) is 65.2 Å². The lowest BCUT2D eigenvalue weighted by Crippen LogP contribution is -2.34. The number of hydrogen-bond donors (Lipinski definition) is 0. The van der Waals surface area contributed by atoms with Gasteiger partial charge in [-0.3, -0.25) is 4.79 Å². The van der Waals surface area contributed by atoms with Gasteiger partial charge in [-0.15, -0.1) is 11.8 Å². The van der Waals surface area contributed by atoms with Crippen LogP contribution in [-0.4, -0.2) is 23.6 Å². The lowest BCUT2D eigenvalue weighted by molar-refractivity contribution is -0.129. The average molecular weight is 347 g/mol. The number of fused-ring (bicyclic) bond motifs is 1. The molecule has 126 valence electrons. The predicted octanol–water partition coefficient (Wildman–Crippen LogP) is 4.59. The molecule has 1 unspecified atom stereocenters. The number of carbonyl (C=O) groups is 1. The second-order valence-electron chi connectivity index (χ2n) is 5.98. The van der Waals surface area contributed by atoms with Crippen molar-refractivity contribution in [2.45, 2.75) is 30.2 Å². The SMILES string of the molecule is CN(C(=O)CSc1ccc(F)c(F)c1)C1CCCc2ccccc21. The van der Waals surface area contributed by atoms with Crippen LogP contribution in [0.3, 0.4) is 0 Å². The average Bonchev–Trinajstić information content (AvgIpc) is 2.61. The Morgan fingerprint density at radius 1 is 1.21 bits per heavy atom. The van der Waals surface area contributed by atoms with Crippen molar-refractivity contribution in [3.63, 3.8) is 0 Å². The van der Waals surface area contributed by atoms with Crippen LogP contribution < -0.4 is 0 Å². The van der Waals surface area contributed by atoms with Gasteiger partial charge in [-0.2, -0.15) is 0 Å². The van der Waals surface area contributed by atoms with Crippen molar-refractivity contribution in [2.75, 3.05) is 12.8 Å². The van der Waals surface area contributed by atoms with Crippen LogP contribution in [0.4, 0.5) is 8.78 Å². The molecular formula is C19H19F2NOS. The van der Waals surface area contributed by atoms with E-state index in [1.807, 2.05) is 19.2 Å². The second-order valence-corrected chi connectivity index (χ2v) is 7.02. The van der Waals surface area contributed by atoms with E-state index in [0.717, 1.165) is 31.4 Å². The van der Waals surface area contributed by atoms with Crippen molar-refractivity contribution in [2.24, 2.45) is 0 Å². The fraction of sp³-hybridized carbons (Fsp3) is 0.316. The van der Waals surface area contributed by atoms with E-state index in [1.54, 1.807) is 4.90 Å². The topological polar surface area (TPSA) is 20.3 Å². The molecular weight excluding hydrogens is 328 g/mol. The molecule has 3 rings (SSSR count). The molecule has 1 amide bonds. The monoisotopic (exact) mass is 347 g/mol. The summed E-state index contributed by atoms with van der Waals surface area (Å²) in [5.41, 5.74) is 2.53. The summed E-state index contributed by atoms with van der Waals surface area (Å²) in [6.45, 7) is 0. The Morgan fingerprint density at radius 3 is 2.79 bits per heavy atom. The van der Waals surface area contributed by atoms with Gasteiger partial charge in [0.25, 0.3) is 0 Å². The number of benzene rings is 2. The first kappa shape index (κ1) is 17.0. The number of halogens is 2. The van der Waals surface area contributed by atoms with Crippen LogP contribution in [0.1, 0.15) is 30.0 Å². The molecule has 0 saturated carbocycles. The summed E-state index contributed by atoms with van der Waals surface area (Å²) in [6, 6.07) is 12.0. The molecule has 0 saturated heterocycles. The number of rotatable bonds is 4. The molecule has 0 aliphatic heterocycles. The first-order valence-corrected chi connectivity index (χ1v) is 8.96. The zero-order valence-corrected chi connectivity index (χ0v) is 14.3. The lowest BCUT2D eigenvalue weighted by Gasteiger charge is -2.33. The Bertz CT molecular complexity index is 750. The molecule has 0 aromatic heterocycles. The van der Waals surface area contributed by atoms with Gasteiger partial charge in [0.1, 0.15) is 0 Å². The van der Waals surface area contributed by atoms with Gasteiger partial charge in [0.05, 0.1) is 11.8 Å². The highest BCUT2D eigenvalue weighted by Crippen LogP contribution is 2.34. The van der Waals surface area contributed by atoms with E-state index in [-0.39, 0.29) is 17.7 Å². The van der Waals surface area contributed by atoms with E-state index >= 15 is 0 Å². The molecule has 1 aliphatic carbocycles. The molecule has 2 nitrogen and oxygen atoms in total. The zero-order valence-electron chi connectivity index (χ0n) is 13.5. The quantitative estimate of drug-likeness (QED) is 0.754. The van der Waals surface area contributed by atoms with E-state index < -0.39 is 11.6 Å². The highest BCUT2D eigenvalue weighted by molar-refractivity contribution is 8.00. The van der Waals surface area contributed by atoms with Gasteiger partial charge in [0.2, 0.25) is 5.91 Å². The lowest BCUT2D eigenvalue weighted by atomic mass is 9.87. The molecule has 1 atom stereocenters. The van der Waals surface area contributed by atoms with E-state index in [1.165, 1.54) is 29.0 Å². The molecule has 0 heterocycles. The summed E-state index contributed by atoms with van der Waals surface area (Å²) >= 11 is 1.23. The normalized spacial score (nSPS) is 16.5. The smallest absolute Gasteiger partial charge is 0.233 e. The fourth-order valence-electron chi connectivity index (χ4n) is 3.12. The summed E-state index contributed by atoms with van der Waals surface area (Å²) in [7, 11) is 1.82. The van der Waals surface area contributed by atoms with Crippen molar-refractivity contribution in [3.8, 4) is 0 Å². The number of carbonyl (C=O) groups excluding carboxylic acids is 1. The highest BCUT2D eigenvalue weighted by Gasteiger charge is 2.26. The Morgan fingerprint density at radius 2 is 2.00 bits per heavy atom. The fourth-order valence-corrected chi connectivity index (χ4v) is 3.96. The molecule has 1 aliphatic rings. The van der Waals surface area contributed by atoms with Crippen LogP contribution in [0.2, 0.25) is 0 Å². The van der Waals surface area contributed by atoms with Gasteiger partial charge in [-0.25, -0.2) is 8.78 Å². The molecule has 0 fully saturated rings. The largest absolute Gasteiger partial charge is 0.338 e. The summed E-state index contributed by atoms with van der Waals surface area (Å²) in [6.07, 6.45) is 3.07. The summed E-state index contributed by atoms with van der Waals surface area (Å²) in [5, 5.41) is 0. The number of thioether (sulfide) groups is 1. The van der Waals surface area contributed by atoms with E-state index in [0.29, 0.717) is 4.90 Å². The van der Waals surface area contributed by atoms with Gasteiger partial charge in [0, 0.05) is 11.9 Å². The Hall–Kier alpha value is -1.88. The number of nitrogens with zero attached hydrogens (tertiary/aromatic N) is 1. The summed E-state index contributed by atoms with van der Waals surface area (Å²) in [4.78, 5) is 14.9. The molecule has 2 aromatic rings. The van der Waals surface area contributed by atoms with Crippen LogP contribution in [-0.2, 0) is 11.2 Å². The van der Waals surface area contributed by atoms with E-state index in [4.69, 9.17) is 0 Å². The first-order valence-electron chi connectivity index (χ1n) is 7.97. The molecule has 0 radical (unpaired) electrons. The Balaban J connectivity index is 1.66. The second kappa shape index (κ2) is 7.34. The van der Waals surface area contributed by atoms with Gasteiger partial charge in [0.15, 0.2) is 11.6 Å². The minimum absolute atomic E-state index is 0.00793. The minimum atomic E-state index is -0.887. The van der Waals surface area contributed by atoms with Gasteiger partial charge < -0.3 is 4.90 Å². The van der Waals surface area contributed by atoms with Crippen molar-refractivity contribution in [1.29, 1.82) is 0 Å². The number of aryl methyl sites for hydroxylation is 1. The van der Waals surface area contributed by atoms with Crippen LogP contribution in [0, 0.1) is 11.6 Å². The molecule has 0 bridgehead atoms. The Kier molecular flexibility index (Phi) is 5.19. The molecule has 5 heteroatoms. The van der Waals surface area contributed by atoms with E-state index in [9.17, 15) is 13.6 Å².